The first-order valence-electron chi connectivity index (χ1n) is 5.51. The van der Waals surface area contributed by atoms with Crippen LogP contribution < -0.4 is 5.73 Å². The maximum atomic E-state index is 6.02. The molecule has 2 rings (SSSR count). The van der Waals surface area contributed by atoms with Crippen molar-refractivity contribution in [2.45, 2.75) is 32.0 Å². The average Bonchev–Trinajstić information content (AvgIpc) is 2.55. The Morgan fingerprint density at radius 2 is 2.12 bits per heavy atom. The second-order valence-electron chi connectivity index (χ2n) is 4.41. The Bertz CT molecular complexity index is 381. The number of nitrogens with zero attached hydrogens (tertiary/aromatic N) is 1. The molecule has 2 unspecified atom stereocenters. The first kappa shape index (κ1) is 12.6. The number of benzene rings is 1. The highest BCUT2D eigenvalue weighted by atomic mass is 79.9. The summed E-state index contributed by atoms with van der Waals surface area (Å²) in [7, 11) is 0. The van der Waals surface area contributed by atoms with Crippen LogP contribution in [0, 0.1) is 0 Å². The van der Waals surface area contributed by atoms with Gasteiger partial charge < -0.3 is 5.73 Å². The average molecular weight is 348 g/mol. The van der Waals surface area contributed by atoms with Gasteiger partial charge in [0, 0.05) is 34.1 Å². The van der Waals surface area contributed by atoms with Crippen LogP contribution in [-0.4, -0.2) is 23.5 Å². The van der Waals surface area contributed by atoms with E-state index in [9.17, 15) is 0 Å². The molecule has 0 saturated carbocycles. The molecule has 0 bridgehead atoms. The van der Waals surface area contributed by atoms with Gasteiger partial charge in [-0.25, -0.2) is 0 Å². The Balaban J connectivity index is 2.07. The maximum absolute atomic E-state index is 6.02. The van der Waals surface area contributed by atoms with Crippen molar-refractivity contribution >= 4 is 31.9 Å². The molecule has 0 spiro atoms. The minimum atomic E-state index is 0.332. The van der Waals surface area contributed by atoms with Gasteiger partial charge in [0.05, 0.1) is 0 Å². The van der Waals surface area contributed by atoms with Crippen LogP contribution in [0.3, 0.4) is 0 Å². The van der Waals surface area contributed by atoms with Crippen LogP contribution in [0.2, 0.25) is 0 Å². The highest BCUT2D eigenvalue weighted by Crippen LogP contribution is 2.26. The molecule has 0 aromatic heterocycles. The molecule has 2 atom stereocenters. The molecular formula is C12H16Br2N2. The molecule has 4 heteroatoms. The van der Waals surface area contributed by atoms with Crippen LogP contribution in [0.4, 0.5) is 0 Å². The van der Waals surface area contributed by atoms with E-state index in [1.807, 2.05) is 0 Å². The minimum absolute atomic E-state index is 0.332. The smallest absolute Gasteiger partial charge is 0.0320 e. The Morgan fingerprint density at radius 3 is 2.69 bits per heavy atom. The molecule has 1 saturated heterocycles. The standard InChI is InChI=1S/C12H16Br2N2/c1-8-12(15)4-5-16(8)7-9-2-3-10(13)11(14)6-9/h2-3,6,8,12H,4-5,7,15H2,1H3. The molecule has 1 heterocycles. The van der Waals surface area contributed by atoms with Gasteiger partial charge in [0.1, 0.15) is 0 Å². The van der Waals surface area contributed by atoms with Crippen molar-refractivity contribution in [3.63, 3.8) is 0 Å². The Labute approximate surface area is 113 Å². The number of halogens is 2. The van der Waals surface area contributed by atoms with Crippen LogP contribution in [0.25, 0.3) is 0 Å². The van der Waals surface area contributed by atoms with Gasteiger partial charge >= 0.3 is 0 Å². The van der Waals surface area contributed by atoms with Crippen molar-refractivity contribution in [1.29, 1.82) is 0 Å². The van der Waals surface area contributed by atoms with Crippen molar-refractivity contribution in [2.75, 3.05) is 6.54 Å². The van der Waals surface area contributed by atoms with E-state index in [0.717, 1.165) is 28.5 Å². The molecule has 0 radical (unpaired) electrons. The predicted molar refractivity (Wildman–Crippen MR) is 74.3 cm³/mol. The fraction of sp³-hybridized carbons (Fsp3) is 0.500. The molecule has 1 aromatic carbocycles. The molecule has 1 aromatic rings. The fourth-order valence-electron chi connectivity index (χ4n) is 2.13. The minimum Gasteiger partial charge on any atom is -0.326 e. The molecule has 1 fully saturated rings. The molecule has 1 aliphatic heterocycles. The van der Waals surface area contributed by atoms with E-state index >= 15 is 0 Å². The summed E-state index contributed by atoms with van der Waals surface area (Å²) in [6, 6.07) is 7.23. The monoisotopic (exact) mass is 346 g/mol. The van der Waals surface area contributed by atoms with Crippen molar-refractivity contribution in [3.8, 4) is 0 Å². The van der Waals surface area contributed by atoms with Crippen molar-refractivity contribution in [2.24, 2.45) is 5.73 Å². The van der Waals surface area contributed by atoms with Crippen LogP contribution in [0.5, 0.6) is 0 Å². The van der Waals surface area contributed by atoms with E-state index in [0.29, 0.717) is 12.1 Å². The normalized spacial score (nSPS) is 26.2. The first-order chi connectivity index (χ1) is 7.58. The highest BCUT2D eigenvalue weighted by molar-refractivity contribution is 9.13. The highest BCUT2D eigenvalue weighted by Gasteiger charge is 2.27. The van der Waals surface area contributed by atoms with Gasteiger partial charge in [0.2, 0.25) is 0 Å². The molecule has 16 heavy (non-hydrogen) atoms. The second kappa shape index (κ2) is 5.17. The lowest BCUT2D eigenvalue weighted by molar-refractivity contribution is 0.251. The van der Waals surface area contributed by atoms with E-state index in [-0.39, 0.29) is 0 Å². The lowest BCUT2D eigenvalue weighted by Crippen LogP contribution is -2.36. The van der Waals surface area contributed by atoms with Crippen molar-refractivity contribution in [3.05, 3.63) is 32.7 Å². The topological polar surface area (TPSA) is 29.3 Å². The molecule has 2 nitrogen and oxygen atoms in total. The number of hydrogen-bond donors (Lipinski definition) is 1. The van der Waals surface area contributed by atoms with E-state index in [1.165, 1.54) is 5.56 Å². The van der Waals surface area contributed by atoms with E-state index in [4.69, 9.17) is 5.73 Å². The van der Waals surface area contributed by atoms with Gasteiger partial charge in [0.25, 0.3) is 0 Å². The van der Waals surface area contributed by atoms with E-state index in [1.54, 1.807) is 0 Å². The van der Waals surface area contributed by atoms with Gasteiger partial charge in [-0.15, -0.1) is 0 Å². The Morgan fingerprint density at radius 1 is 1.38 bits per heavy atom. The summed E-state index contributed by atoms with van der Waals surface area (Å²) in [6.45, 7) is 4.31. The number of hydrogen-bond acceptors (Lipinski definition) is 2. The maximum Gasteiger partial charge on any atom is 0.0320 e. The molecule has 1 aliphatic rings. The van der Waals surface area contributed by atoms with Crippen molar-refractivity contribution < 1.29 is 0 Å². The molecular weight excluding hydrogens is 332 g/mol. The SMILES string of the molecule is CC1C(N)CCN1Cc1ccc(Br)c(Br)c1. The largest absolute Gasteiger partial charge is 0.326 e. The van der Waals surface area contributed by atoms with E-state index in [2.05, 4.69) is 61.9 Å². The Kier molecular flexibility index (Phi) is 4.06. The summed E-state index contributed by atoms with van der Waals surface area (Å²) >= 11 is 7.02. The number of likely N-dealkylation sites (tertiary alicyclic amines) is 1. The summed E-state index contributed by atoms with van der Waals surface area (Å²) in [5, 5.41) is 0. The number of rotatable bonds is 2. The van der Waals surface area contributed by atoms with Gasteiger partial charge in [-0.2, -0.15) is 0 Å². The van der Waals surface area contributed by atoms with Crippen LogP contribution in [0.15, 0.2) is 27.1 Å². The third kappa shape index (κ3) is 2.67. The van der Waals surface area contributed by atoms with Gasteiger partial charge in [-0.05, 0) is 62.9 Å². The predicted octanol–water partition coefficient (Wildman–Crippen LogP) is 3.13. The quantitative estimate of drug-likeness (QED) is 0.890. The van der Waals surface area contributed by atoms with E-state index < -0.39 is 0 Å². The Hall–Kier alpha value is 0.1000. The molecule has 88 valence electrons. The molecule has 0 aliphatic carbocycles. The summed E-state index contributed by atoms with van der Waals surface area (Å²) < 4.78 is 2.21. The van der Waals surface area contributed by atoms with Crippen LogP contribution in [0.1, 0.15) is 18.9 Å². The van der Waals surface area contributed by atoms with Gasteiger partial charge in [-0.3, -0.25) is 4.90 Å². The summed E-state index contributed by atoms with van der Waals surface area (Å²) in [5.41, 5.74) is 7.35. The molecule has 2 N–H and O–H groups in total. The summed E-state index contributed by atoms with van der Waals surface area (Å²) in [4.78, 5) is 2.44. The summed E-state index contributed by atoms with van der Waals surface area (Å²) in [5.74, 6) is 0. The number of nitrogens with two attached hydrogens (primary N) is 1. The third-order valence-electron chi connectivity index (χ3n) is 3.31. The van der Waals surface area contributed by atoms with Crippen molar-refractivity contribution in [1.82, 2.24) is 4.90 Å². The summed E-state index contributed by atoms with van der Waals surface area (Å²) in [6.07, 6.45) is 1.11. The lowest BCUT2D eigenvalue weighted by atomic mass is 10.1. The van der Waals surface area contributed by atoms with Gasteiger partial charge in [0.15, 0.2) is 0 Å². The zero-order valence-electron chi connectivity index (χ0n) is 9.29. The first-order valence-corrected chi connectivity index (χ1v) is 7.10. The van der Waals surface area contributed by atoms with Gasteiger partial charge in [-0.1, -0.05) is 6.07 Å². The zero-order valence-corrected chi connectivity index (χ0v) is 12.5. The van der Waals surface area contributed by atoms with Crippen LogP contribution >= 0.6 is 31.9 Å². The fourth-order valence-corrected chi connectivity index (χ4v) is 2.80. The third-order valence-corrected chi connectivity index (χ3v) is 5.19. The molecule has 0 amide bonds. The lowest BCUT2D eigenvalue weighted by Gasteiger charge is -2.23. The van der Waals surface area contributed by atoms with Crippen LogP contribution in [-0.2, 0) is 6.54 Å². The second-order valence-corrected chi connectivity index (χ2v) is 6.12. The zero-order chi connectivity index (χ0) is 11.7.